The highest BCUT2D eigenvalue weighted by atomic mass is 19.4. The lowest BCUT2D eigenvalue weighted by atomic mass is 9.69. The van der Waals surface area contributed by atoms with E-state index in [-0.39, 0.29) is 17.3 Å². The smallest absolute Gasteiger partial charge is 0.479 e. The molecule has 0 aliphatic heterocycles. The van der Waals surface area contributed by atoms with Crippen LogP contribution >= 0.6 is 0 Å². The van der Waals surface area contributed by atoms with Crippen LogP contribution in [0.2, 0.25) is 0 Å². The fourth-order valence-corrected chi connectivity index (χ4v) is 3.75. The highest BCUT2D eigenvalue weighted by molar-refractivity contribution is 5.87. The maximum atomic E-state index is 12.6. The van der Waals surface area contributed by atoms with Crippen LogP contribution in [0.5, 0.6) is 17.5 Å². The van der Waals surface area contributed by atoms with Crippen LogP contribution in [0.3, 0.4) is 0 Å². The number of nitrogens with zero attached hydrogens (tertiary/aromatic N) is 2. The molecule has 1 aromatic heterocycles. The van der Waals surface area contributed by atoms with E-state index in [1.807, 2.05) is 0 Å². The molecule has 1 aromatic carbocycles. The van der Waals surface area contributed by atoms with E-state index in [9.17, 15) is 27.9 Å². The van der Waals surface area contributed by atoms with E-state index in [1.54, 1.807) is 48.5 Å². The number of hydrogen-bond donors (Lipinski definition) is 3. The summed E-state index contributed by atoms with van der Waals surface area (Å²) in [5, 5.41) is 15.8. The molecule has 3 N–H and O–H groups in total. The number of aromatic nitrogens is 2. The van der Waals surface area contributed by atoms with Crippen LogP contribution in [-0.2, 0) is 9.53 Å². The van der Waals surface area contributed by atoms with Crippen molar-refractivity contribution in [3.8, 4) is 17.5 Å². The predicted octanol–water partition coefficient (Wildman–Crippen LogP) is 5.67. The van der Waals surface area contributed by atoms with Gasteiger partial charge in [-0.05, 0) is 51.7 Å². The first kappa shape index (κ1) is 30.5. The zero-order valence-electron chi connectivity index (χ0n) is 22.5. The molecule has 0 bridgehead atoms. The van der Waals surface area contributed by atoms with E-state index >= 15 is 0 Å². The number of aryl methyl sites for hydroxylation is 1. The van der Waals surface area contributed by atoms with Crippen LogP contribution < -0.4 is 20.1 Å². The second kappa shape index (κ2) is 10.9. The van der Waals surface area contributed by atoms with Gasteiger partial charge in [0, 0.05) is 6.07 Å². The number of carboxylic acid groups (broad SMARTS) is 1. The Bertz CT molecular complexity index is 1140. The van der Waals surface area contributed by atoms with E-state index in [4.69, 9.17) is 9.47 Å². The minimum Gasteiger partial charge on any atom is -0.479 e. The van der Waals surface area contributed by atoms with E-state index in [0.29, 0.717) is 5.69 Å². The Balaban J connectivity index is 2.25. The molecule has 2 atom stereocenters. The van der Waals surface area contributed by atoms with Gasteiger partial charge in [0.25, 0.3) is 0 Å². The summed E-state index contributed by atoms with van der Waals surface area (Å²) < 4.78 is 52.6. The Morgan fingerprint density at radius 3 is 2.08 bits per heavy atom. The van der Waals surface area contributed by atoms with Gasteiger partial charge in [0.05, 0.1) is 24.1 Å². The van der Waals surface area contributed by atoms with Crippen molar-refractivity contribution in [1.82, 2.24) is 15.3 Å². The van der Waals surface area contributed by atoms with Crippen LogP contribution in [0.1, 0.15) is 54.0 Å². The number of aliphatic carboxylic acids is 1. The molecule has 0 aliphatic carbocycles. The third-order valence-corrected chi connectivity index (χ3v) is 5.47. The monoisotopic (exact) mass is 542 g/mol. The highest BCUT2D eigenvalue weighted by Crippen LogP contribution is 2.36. The first-order chi connectivity index (χ1) is 17.2. The SMILES string of the molecule is Cc1ccc(Oc2ncc(NC(C)[C@@](NC(=O)OC(C)(C)C)(C(=O)O)C(C)(C)C)cn2)cc1OC(F)(F)F. The lowest BCUT2D eigenvalue weighted by Crippen LogP contribution is -2.70. The molecule has 0 fully saturated rings. The average molecular weight is 543 g/mol. The molecule has 0 aliphatic rings. The Hall–Kier alpha value is -3.77. The number of benzene rings is 1. The molecule has 1 amide bonds. The molecule has 2 rings (SSSR count). The average Bonchev–Trinajstić information content (AvgIpc) is 2.72. The number of ether oxygens (including phenoxy) is 3. The minimum atomic E-state index is -4.86. The van der Waals surface area contributed by atoms with Gasteiger partial charge < -0.3 is 30.0 Å². The van der Waals surface area contributed by atoms with Crippen molar-refractivity contribution in [1.29, 1.82) is 0 Å². The number of carbonyl (C=O) groups excluding carboxylic acids is 1. The lowest BCUT2D eigenvalue weighted by Gasteiger charge is -2.46. The minimum absolute atomic E-state index is 0.0168. The number of alkyl halides is 3. The maximum absolute atomic E-state index is 12.6. The van der Waals surface area contributed by atoms with Gasteiger partial charge in [0.15, 0.2) is 5.54 Å². The number of carbonyl (C=O) groups is 2. The summed E-state index contributed by atoms with van der Waals surface area (Å²) in [5.41, 5.74) is -3.08. The Morgan fingerprint density at radius 1 is 1.03 bits per heavy atom. The number of hydrogen-bond acceptors (Lipinski definition) is 8. The summed E-state index contributed by atoms with van der Waals surface area (Å²) >= 11 is 0. The van der Waals surface area contributed by atoms with E-state index in [0.717, 1.165) is 6.07 Å². The van der Waals surface area contributed by atoms with Gasteiger partial charge in [-0.2, -0.15) is 0 Å². The largest absolute Gasteiger partial charge is 0.573 e. The zero-order chi connectivity index (χ0) is 29.1. The fraction of sp³-hybridized carbons (Fsp3) is 0.520. The number of alkyl carbamates (subject to hydrolysis) is 1. The van der Waals surface area contributed by atoms with Crippen molar-refractivity contribution >= 4 is 17.7 Å². The fourth-order valence-electron chi connectivity index (χ4n) is 3.75. The van der Waals surface area contributed by atoms with Crippen molar-refractivity contribution in [3.63, 3.8) is 0 Å². The molecule has 2 aromatic rings. The number of nitrogens with one attached hydrogen (secondary N) is 2. The predicted molar refractivity (Wildman–Crippen MR) is 132 cm³/mol. The van der Waals surface area contributed by atoms with Gasteiger partial charge >= 0.3 is 24.4 Å². The summed E-state index contributed by atoms with van der Waals surface area (Å²) in [5.74, 6) is -1.69. The van der Waals surface area contributed by atoms with Gasteiger partial charge in [-0.15, -0.1) is 13.2 Å². The second-order valence-corrected chi connectivity index (χ2v) is 10.7. The third kappa shape index (κ3) is 7.86. The van der Waals surface area contributed by atoms with E-state index in [2.05, 4.69) is 25.3 Å². The van der Waals surface area contributed by atoms with Crippen LogP contribution in [-0.4, -0.2) is 50.7 Å². The number of halogens is 3. The molecular formula is C25H33F3N4O6. The number of amides is 1. The standard InChI is InChI=1S/C25H33F3N4O6/c1-14-9-10-17(11-18(14)37-25(26,27)28)36-20-29-12-16(13-30-20)31-15(2)24(19(33)34,22(3,4)5)32-21(35)38-23(6,7)8/h9-13,15,31H,1-8H3,(H,32,35)(H,33,34)/t15?,24-/m1/s1. The molecule has 10 nitrogen and oxygen atoms in total. The molecule has 38 heavy (non-hydrogen) atoms. The van der Waals surface area contributed by atoms with Gasteiger partial charge in [0.2, 0.25) is 0 Å². The molecule has 0 saturated heterocycles. The molecule has 0 radical (unpaired) electrons. The topological polar surface area (TPSA) is 132 Å². The normalized spacial score (nSPS) is 14.6. The van der Waals surface area contributed by atoms with Gasteiger partial charge in [-0.1, -0.05) is 26.8 Å². The summed E-state index contributed by atoms with van der Waals surface area (Å²) in [6, 6.07) is 2.83. The van der Waals surface area contributed by atoms with Crippen molar-refractivity contribution in [2.24, 2.45) is 5.41 Å². The summed E-state index contributed by atoms with van der Waals surface area (Å²) in [6.07, 6.45) is -3.14. The van der Waals surface area contributed by atoms with Gasteiger partial charge in [0.1, 0.15) is 17.1 Å². The zero-order valence-corrected chi connectivity index (χ0v) is 22.5. The van der Waals surface area contributed by atoms with Crippen LogP contribution in [0, 0.1) is 12.3 Å². The van der Waals surface area contributed by atoms with Crippen molar-refractivity contribution < 1.29 is 42.1 Å². The van der Waals surface area contributed by atoms with Crippen LogP contribution in [0.4, 0.5) is 23.7 Å². The quantitative estimate of drug-likeness (QED) is 0.386. The molecule has 210 valence electrons. The van der Waals surface area contributed by atoms with Gasteiger partial charge in [-0.3, -0.25) is 0 Å². The summed E-state index contributed by atoms with van der Waals surface area (Å²) in [6.45, 7) is 13.0. The highest BCUT2D eigenvalue weighted by Gasteiger charge is 2.55. The Morgan fingerprint density at radius 2 is 1.61 bits per heavy atom. The van der Waals surface area contributed by atoms with E-state index in [1.165, 1.54) is 31.5 Å². The summed E-state index contributed by atoms with van der Waals surface area (Å²) in [7, 11) is 0. The molecule has 0 saturated carbocycles. The second-order valence-electron chi connectivity index (χ2n) is 10.7. The number of rotatable bonds is 8. The van der Waals surface area contributed by atoms with Crippen LogP contribution in [0.25, 0.3) is 0 Å². The lowest BCUT2D eigenvalue weighted by molar-refractivity contribution is -0.274. The first-order valence-electron chi connectivity index (χ1n) is 11.6. The van der Waals surface area contributed by atoms with Crippen LogP contribution in [0.15, 0.2) is 30.6 Å². The Kier molecular flexibility index (Phi) is 8.75. The molecule has 13 heteroatoms. The van der Waals surface area contributed by atoms with Crippen molar-refractivity contribution in [2.45, 2.75) is 78.9 Å². The number of anilines is 1. The summed E-state index contributed by atoms with van der Waals surface area (Å²) in [4.78, 5) is 33.2. The third-order valence-electron chi connectivity index (χ3n) is 5.47. The number of carboxylic acids is 1. The first-order valence-corrected chi connectivity index (χ1v) is 11.6. The molecule has 0 spiro atoms. The van der Waals surface area contributed by atoms with Gasteiger partial charge in [-0.25, -0.2) is 19.6 Å². The Labute approximate surface area is 218 Å². The molecular weight excluding hydrogens is 509 g/mol. The molecule has 1 unspecified atom stereocenters. The molecule has 1 heterocycles. The van der Waals surface area contributed by atoms with Crippen molar-refractivity contribution in [3.05, 3.63) is 36.2 Å². The van der Waals surface area contributed by atoms with E-state index < -0.39 is 46.8 Å². The maximum Gasteiger partial charge on any atom is 0.573 e. The van der Waals surface area contributed by atoms with Crippen molar-refractivity contribution in [2.75, 3.05) is 5.32 Å².